The molecule has 1 rings (SSSR count). The number of halogens is 2. The lowest BCUT2D eigenvalue weighted by atomic mass is 10.0. The highest BCUT2D eigenvalue weighted by atomic mass is 127. The molecule has 0 aliphatic carbocycles. The van der Waals surface area contributed by atoms with Crippen LogP contribution in [0.15, 0.2) is 22.7 Å². The van der Waals surface area contributed by atoms with Gasteiger partial charge in [-0.1, -0.05) is 0 Å². The maximum absolute atomic E-state index is 12.7. The average Bonchev–Trinajstić information content (AvgIpc) is 2.30. The van der Waals surface area contributed by atoms with Gasteiger partial charge < -0.3 is 10.0 Å². The van der Waals surface area contributed by atoms with Gasteiger partial charge in [0.25, 0.3) is 5.91 Å². The van der Waals surface area contributed by atoms with E-state index in [1.54, 1.807) is 11.0 Å². The van der Waals surface area contributed by atoms with Crippen molar-refractivity contribution in [2.24, 2.45) is 0 Å². The van der Waals surface area contributed by atoms with Gasteiger partial charge in [0.05, 0.1) is 12.0 Å². The maximum Gasteiger partial charge on any atom is 0.305 e. The predicted octanol–water partition coefficient (Wildman–Crippen LogP) is 3.77. The van der Waals surface area contributed by atoms with Crippen molar-refractivity contribution in [3.63, 3.8) is 0 Å². The number of benzene rings is 1. The van der Waals surface area contributed by atoms with Gasteiger partial charge in [-0.25, -0.2) is 0 Å². The molecule has 110 valence electrons. The Balaban J connectivity index is 3.10. The Morgan fingerprint density at radius 2 is 1.95 bits per heavy atom. The number of nitrogens with zero attached hydrogens (tertiary/aromatic N) is 1. The molecule has 0 saturated heterocycles. The standard InChI is InChI=1S/C14H17BrINO3/c1-14(2,3)17(7-6-12(18)19)13(20)10-8-9(16)4-5-11(10)15/h4-5,8H,6-7H2,1-3H3,(H,18,19). The summed E-state index contributed by atoms with van der Waals surface area (Å²) in [7, 11) is 0. The molecule has 6 heteroatoms. The zero-order valence-electron chi connectivity index (χ0n) is 11.6. The first-order valence-electron chi connectivity index (χ1n) is 6.11. The molecule has 1 aromatic carbocycles. The highest BCUT2D eigenvalue weighted by molar-refractivity contribution is 14.1. The second-order valence-corrected chi connectivity index (χ2v) is 7.50. The van der Waals surface area contributed by atoms with Crippen LogP contribution in [0.2, 0.25) is 0 Å². The van der Waals surface area contributed by atoms with Crippen LogP contribution in [0.3, 0.4) is 0 Å². The fourth-order valence-corrected chi connectivity index (χ4v) is 2.66. The molecule has 1 amide bonds. The first-order chi connectivity index (χ1) is 9.12. The number of rotatable bonds is 4. The van der Waals surface area contributed by atoms with Crippen LogP contribution in [0.4, 0.5) is 0 Å². The number of carbonyl (C=O) groups is 2. The van der Waals surface area contributed by atoms with E-state index in [4.69, 9.17) is 5.11 Å². The Kier molecular flexibility index (Phi) is 6.00. The molecule has 0 aromatic heterocycles. The monoisotopic (exact) mass is 453 g/mol. The third-order valence-electron chi connectivity index (χ3n) is 2.76. The number of carboxylic acid groups (broad SMARTS) is 1. The van der Waals surface area contributed by atoms with Crippen LogP contribution in [-0.4, -0.2) is 34.0 Å². The summed E-state index contributed by atoms with van der Waals surface area (Å²) in [4.78, 5) is 25.0. The van der Waals surface area contributed by atoms with Crippen LogP contribution < -0.4 is 0 Å². The van der Waals surface area contributed by atoms with Gasteiger partial charge in [0, 0.05) is 20.1 Å². The van der Waals surface area contributed by atoms with E-state index in [1.807, 2.05) is 32.9 Å². The molecule has 0 spiro atoms. The zero-order chi connectivity index (χ0) is 15.5. The fraction of sp³-hybridized carbons (Fsp3) is 0.429. The van der Waals surface area contributed by atoms with Crippen LogP contribution in [0.1, 0.15) is 37.6 Å². The van der Waals surface area contributed by atoms with E-state index in [0.29, 0.717) is 10.0 Å². The molecular formula is C14H17BrINO3. The number of hydrogen-bond donors (Lipinski definition) is 1. The van der Waals surface area contributed by atoms with E-state index in [0.717, 1.165) is 3.57 Å². The van der Waals surface area contributed by atoms with Crippen molar-refractivity contribution >= 4 is 50.4 Å². The van der Waals surface area contributed by atoms with E-state index in [-0.39, 0.29) is 18.9 Å². The van der Waals surface area contributed by atoms with E-state index in [9.17, 15) is 9.59 Å². The van der Waals surface area contributed by atoms with Crippen LogP contribution in [-0.2, 0) is 4.79 Å². The molecule has 0 aliphatic rings. The van der Waals surface area contributed by atoms with Crippen molar-refractivity contribution in [1.82, 2.24) is 4.90 Å². The highest BCUT2D eigenvalue weighted by Crippen LogP contribution is 2.24. The van der Waals surface area contributed by atoms with Crippen LogP contribution in [0.5, 0.6) is 0 Å². The maximum atomic E-state index is 12.7. The third kappa shape index (κ3) is 4.73. The lowest BCUT2D eigenvalue weighted by molar-refractivity contribution is -0.137. The third-order valence-corrected chi connectivity index (χ3v) is 4.13. The summed E-state index contributed by atoms with van der Waals surface area (Å²) in [5, 5.41) is 8.83. The van der Waals surface area contributed by atoms with Gasteiger partial charge in [-0.3, -0.25) is 9.59 Å². The van der Waals surface area contributed by atoms with Crippen molar-refractivity contribution in [2.45, 2.75) is 32.7 Å². The molecule has 1 aromatic rings. The van der Waals surface area contributed by atoms with E-state index >= 15 is 0 Å². The molecule has 0 aliphatic heterocycles. The second kappa shape index (κ2) is 6.89. The van der Waals surface area contributed by atoms with Crippen molar-refractivity contribution in [3.8, 4) is 0 Å². The molecule has 1 N–H and O–H groups in total. The molecule has 4 nitrogen and oxygen atoms in total. The van der Waals surface area contributed by atoms with Gasteiger partial charge >= 0.3 is 5.97 Å². The Labute approximate surface area is 140 Å². The molecule has 0 heterocycles. The summed E-state index contributed by atoms with van der Waals surface area (Å²) in [6.07, 6.45) is -0.0649. The normalized spacial score (nSPS) is 11.2. The molecule has 0 bridgehead atoms. The van der Waals surface area contributed by atoms with Gasteiger partial charge in [-0.2, -0.15) is 0 Å². The van der Waals surface area contributed by atoms with Gasteiger partial charge in [-0.05, 0) is 77.5 Å². The summed E-state index contributed by atoms with van der Waals surface area (Å²) in [6.45, 7) is 5.88. The van der Waals surface area contributed by atoms with Crippen molar-refractivity contribution in [1.29, 1.82) is 0 Å². The highest BCUT2D eigenvalue weighted by Gasteiger charge is 2.28. The van der Waals surface area contributed by atoms with E-state index < -0.39 is 11.5 Å². The first kappa shape index (κ1) is 17.4. The molecule has 0 radical (unpaired) electrons. The SMILES string of the molecule is CC(C)(C)N(CCC(=O)O)C(=O)c1cc(I)ccc1Br. The minimum atomic E-state index is -0.909. The molecule has 0 saturated carbocycles. The number of carbonyl (C=O) groups excluding carboxylic acids is 1. The van der Waals surface area contributed by atoms with Gasteiger partial charge in [0.1, 0.15) is 0 Å². The Morgan fingerprint density at radius 1 is 1.35 bits per heavy atom. The summed E-state index contributed by atoms with van der Waals surface area (Å²) < 4.78 is 1.67. The molecule has 0 fully saturated rings. The smallest absolute Gasteiger partial charge is 0.305 e. The van der Waals surface area contributed by atoms with Gasteiger partial charge in [0.15, 0.2) is 0 Å². The topological polar surface area (TPSA) is 57.6 Å². The molecule has 0 atom stereocenters. The summed E-state index contributed by atoms with van der Waals surface area (Å²) in [6, 6.07) is 5.53. The van der Waals surface area contributed by atoms with Crippen LogP contribution in [0.25, 0.3) is 0 Å². The van der Waals surface area contributed by atoms with Crippen molar-refractivity contribution < 1.29 is 14.7 Å². The van der Waals surface area contributed by atoms with Crippen molar-refractivity contribution in [3.05, 3.63) is 31.8 Å². The lowest BCUT2D eigenvalue weighted by Crippen LogP contribution is -2.46. The summed E-state index contributed by atoms with van der Waals surface area (Å²) in [5.41, 5.74) is 0.116. The second-order valence-electron chi connectivity index (χ2n) is 5.40. The zero-order valence-corrected chi connectivity index (χ0v) is 15.4. The van der Waals surface area contributed by atoms with Crippen LogP contribution in [0, 0.1) is 3.57 Å². The van der Waals surface area contributed by atoms with Crippen LogP contribution >= 0.6 is 38.5 Å². The van der Waals surface area contributed by atoms with Gasteiger partial charge in [0.2, 0.25) is 0 Å². The Bertz CT molecular complexity index is 526. The molecule has 20 heavy (non-hydrogen) atoms. The van der Waals surface area contributed by atoms with Crippen molar-refractivity contribution in [2.75, 3.05) is 6.54 Å². The first-order valence-corrected chi connectivity index (χ1v) is 7.99. The van der Waals surface area contributed by atoms with Gasteiger partial charge in [-0.15, -0.1) is 0 Å². The summed E-state index contributed by atoms with van der Waals surface area (Å²) >= 11 is 5.53. The minimum absolute atomic E-state index is 0.0649. The predicted molar refractivity (Wildman–Crippen MR) is 89.9 cm³/mol. The molecular weight excluding hydrogens is 437 g/mol. The quantitative estimate of drug-likeness (QED) is 0.706. The number of aliphatic carboxylic acids is 1. The lowest BCUT2D eigenvalue weighted by Gasteiger charge is -2.35. The average molecular weight is 454 g/mol. The Morgan fingerprint density at radius 3 is 2.45 bits per heavy atom. The minimum Gasteiger partial charge on any atom is -0.481 e. The fourth-order valence-electron chi connectivity index (χ4n) is 1.76. The number of carboxylic acids is 1. The Hall–Kier alpha value is -0.630. The number of amides is 1. The van der Waals surface area contributed by atoms with E-state index in [1.165, 1.54) is 0 Å². The van der Waals surface area contributed by atoms with E-state index in [2.05, 4.69) is 38.5 Å². The molecule has 0 unspecified atom stereocenters. The number of hydrogen-bond acceptors (Lipinski definition) is 2. The largest absolute Gasteiger partial charge is 0.481 e. The summed E-state index contributed by atoms with van der Waals surface area (Å²) in [5.74, 6) is -1.07.